The number of hydrogen-bond acceptors (Lipinski definition) is 4. The highest BCUT2D eigenvalue weighted by Crippen LogP contribution is 2.32. The molecule has 1 aromatic heterocycles. The first kappa shape index (κ1) is 17.4. The van der Waals surface area contributed by atoms with E-state index in [0.717, 1.165) is 16.5 Å². The molecular weight excluding hydrogens is 366 g/mol. The third-order valence-corrected chi connectivity index (χ3v) is 5.32. The van der Waals surface area contributed by atoms with Gasteiger partial charge in [0.05, 0.1) is 11.6 Å². The van der Waals surface area contributed by atoms with E-state index < -0.39 is 5.92 Å². The number of benzene rings is 3. The fraction of sp³-hybridized carbons (Fsp3) is 0.174. The molecule has 144 valence electrons. The summed E-state index contributed by atoms with van der Waals surface area (Å²) in [4.78, 5) is 31.5. The Morgan fingerprint density at radius 3 is 2.86 bits per heavy atom. The molecule has 4 aromatic rings. The van der Waals surface area contributed by atoms with Crippen LogP contribution in [0.15, 0.2) is 65.1 Å². The summed E-state index contributed by atoms with van der Waals surface area (Å²) in [5.74, 6) is -0.0310. The molecule has 2 heterocycles. The molecule has 0 radical (unpaired) electrons. The van der Waals surface area contributed by atoms with Gasteiger partial charge in [-0.05, 0) is 29.7 Å². The lowest BCUT2D eigenvalue weighted by Gasteiger charge is -2.19. The van der Waals surface area contributed by atoms with Gasteiger partial charge in [-0.25, -0.2) is 4.98 Å². The number of hydrogen-bond donors (Lipinski definition) is 1. The van der Waals surface area contributed by atoms with Crippen LogP contribution in [0.4, 0.5) is 11.4 Å². The number of amides is 2. The van der Waals surface area contributed by atoms with Crippen LogP contribution < -0.4 is 10.2 Å². The third-order valence-electron chi connectivity index (χ3n) is 5.32. The number of aromatic nitrogens is 1. The summed E-state index contributed by atoms with van der Waals surface area (Å²) in [5.41, 5.74) is 2.87. The maximum absolute atomic E-state index is 12.8. The van der Waals surface area contributed by atoms with Crippen molar-refractivity contribution in [3.63, 3.8) is 0 Å². The topological polar surface area (TPSA) is 75.4 Å². The predicted octanol–water partition coefficient (Wildman–Crippen LogP) is 4.28. The van der Waals surface area contributed by atoms with E-state index in [9.17, 15) is 9.59 Å². The van der Waals surface area contributed by atoms with Crippen molar-refractivity contribution in [2.45, 2.75) is 13.3 Å². The van der Waals surface area contributed by atoms with E-state index in [2.05, 4.69) is 10.3 Å². The lowest BCUT2D eigenvalue weighted by Crippen LogP contribution is -2.28. The molecule has 1 fully saturated rings. The molecule has 1 N–H and O–H groups in total. The van der Waals surface area contributed by atoms with Gasteiger partial charge in [-0.3, -0.25) is 9.59 Å². The van der Waals surface area contributed by atoms with Crippen LogP contribution in [0, 0.1) is 12.8 Å². The first-order valence-corrected chi connectivity index (χ1v) is 9.55. The molecular formula is C23H19N3O3. The fourth-order valence-electron chi connectivity index (χ4n) is 3.92. The smallest absolute Gasteiger partial charge is 0.229 e. The molecule has 1 aliphatic heterocycles. The summed E-state index contributed by atoms with van der Waals surface area (Å²) in [7, 11) is 0. The Hall–Kier alpha value is -3.67. The molecule has 1 saturated heterocycles. The molecule has 1 atom stereocenters. The van der Waals surface area contributed by atoms with E-state index in [-0.39, 0.29) is 18.2 Å². The lowest BCUT2D eigenvalue weighted by atomic mass is 10.1. The molecule has 3 aromatic carbocycles. The van der Waals surface area contributed by atoms with Crippen molar-refractivity contribution < 1.29 is 14.0 Å². The number of oxazole rings is 1. The van der Waals surface area contributed by atoms with Crippen molar-refractivity contribution in [2.24, 2.45) is 5.92 Å². The summed E-state index contributed by atoms with van der Waals surface area (Å²) in [5, 5.41) is 5.00. The van der Waals surface area contributed by atoms with Crippen molar-refractivity contribution in [3.05, 3.63) is 66.6 Å². The molecule has 0 saturated carbocycles. The highest BCUT2D eigenvalue weighted by molar-refractivity contribution is 6.08. The summed E-state index contributed by atoms with van der Waals surface area (Å²) in [6, 6.07) is 19.2. The zero-order chi connectivity index (χ0) is 20.0. The normalized spacial score (nSPS) is 16.7. The minimum atomic E-state index is -0.406. The Kier molecular flexibility index (Phi) is 4.05. The Morgan fingerprint density at radius 2 is 1.97 bits per heavy atom. The Bertz CT molecular complexity index is 1260. The van der Waals surface area contributed by atoms with E-state index in [1.807, 2.05) is 42.5 Å². The van der Waals surface area contributed by atoms with E-state index in [0.29, 0.717) is 29.2 Å². The quantitative estimate of drug-likeness (QED) is 0.571. The summed E-state index contributed by atoms with van der Waals surface area (Å²) < 4.78 is 5.46. The minimum absolute atomic E-state index is 0.0379. The molecule has 0 aliphatic carbocycles. The number of aryl methyl sites for hydroxylation is 1. The number of carbonyl (C=O) groups excluding carboxylic acids is 2. The van der Waals surface area contributed by atoms with Crippen LogP contribution >= 0.6 is 0 Å². The summed E-state index contributed by atoms with van der Waals surface area (Å²) >= 11 is 0. The fourth-order valence-corrected chi connectivity index (χ4v) is 3.92. The third kappa shape index (κ3) is 3.12. The van der Waals surface area contributed by atoms with Gasteiger partial charge in [0.1, 0.15) is 5.52 Å². The molecule has 5 rings (SSSR count). The average molecular weight is 385 g/mol. The van der Waals surface area contributed by atoms with Gasteiger partial charge in [-0.2, -0.15) is 0 Å². The molecule has 0 spiro atoms. The number of anilines is 2. The Morgan fingerprint density at radius 1 is 1.14 bits per heavy atom. The summed E-state index contributed by atoms with van der Waals surface area (Å²) in [6.45, 7) is 2.15. The minimum Gasteiger partial charge on any atom is -0.441 e. The molecule has 6 heteroatoms. The van der Waals surface area contributed by atoms with Crippen LogP contribution in [0.25, 0.3) is 21.9 Å². The van der Waals surface area contributed by atoms with Crippen LogP contribution in [-0.4, -0.2) is 23.3 Å². The van der Waals surface area contributed by atoms with E-state index in [4.69, 9.17) is 4.42 Å². The zero-order valence-corrected chi connectivity index (χ0v) is 15.9. The van der Waals surface area contributed by atoms with E-state index in [1.165, 1.54) is 0 Å². The van der Waals surface area contributed by atoms with Crippen LogP contribution in [0.2, 0.25) is 0 Å². The molecule has 29 heavy (non-hydrogen) atoms. The first-order chi connectivity index (χ1) is 14.1. The van der Waals surface area contributed by atoms with Gasteiger partial charge in [-0.1, -0.05) is 36.4 Å². The first-order valence-electron chi connectivity index (χ1n) is 9.55. The molecule has 2 amide bonds. The summed E-state index contributed by atoms with van der Waals surface area (Å²) in [6.07, 6.45) is 0.195. The monoisotopic (exact) mass is 385 g/mol. The van der Waals surface area contributed by atoms with Crippen molar-refractivity contribution >= 4 is 45.1 Å². The second kappa shape index (κ2) is 6.74. The van der Waals surface area contributed by atoms with Crippen LogP contribution in [0.1, 0.15) is 12.3 Å². The van der Waals surface area contributed by atoms with Crippen molar-refractivity contribution in [1.29, 1.82) is 0 Å². The van der Waals surface area contributed by atoms with E-state index in [1.54, 1.807) is 30.0 Å². The SMILES string of the molecule is Cc1nc2cc(NC(=O)[C@@H]3CC(=O)N(c4cccc5ccccc45)C3)ccc2o1. The van der Waals surface area contributed by atoms with Gasteiger partial charge in [-0.15, -0.1) is 0 Å². The van der Waals surface area contributed by atoms with E-state index >= 15 is 0 Å². The second-order valence-corrected chi connectivity index (χ2v) is 7.31. The highest BCUT2D eigenvalue weighted by atomic mass is 16.3. The maximum atomic E-state index is 12.8. The van der Waals surface area contributed by atoms with Gasteiger partial charge in [0.2, 0.25) is 11.8 Å². The Balaban J connectivity index is 1.37. The van der Waals surface area contributed by atoms with Crippen molar-refractivity contribution in [1.82, 2.24) is 4.98 Å². The molecule has 6 nitrogen and oxygen atoms in total. The largest absolute Gasteiger partial charge is 0.441 e. The van der Waals surface area contributed by atoms with Gasteiger partial charge >= 0.3 is 0 Å². The predicted molar refractivity (Wildman–Crippen MR) is 112 cm³/mol. The average Bonchev–Trinajstić information content (AvgIpc) is 3.29. The maximum Gasteiger partial charge on any atom is 0.229 e. The molecule has 1 aliphatic rings. The lowest BCUT2D eigenvalue weighted by molar-refractivity contribution is -0.122. The van der Waals surface area contributed by atoms with Crippen LogP contribution in [0.5, 0.6) is 0 Å². The number of fused-ring (bicyclic) bond motifs is 2. The van der Waals surface area contributed by atoms with Crippen LogP contribution in [0.3, 0.4) is 0 Å². The van der Waals surface area contributed by atoms with Gasteiger partial charge in [0.25, 0.3) is 0 Å². The van der Waals surface area contributed by atoms with Crippen molar-refractivity contribution in [3.8, 4) is 0 Å². The standard InChI is InChI=1S/C23H19N3O3/c1-14-24-19-12-17(9-10-21(19)29-14)25-23(28)16-11-22(27)26(13-16)20-8-4-6-15-5-2-3-7-18(15)20/h2-10,12,16H,11,13H2,1H3,(H,25,28)/t16-/m1/s1. The van der Waals surface area contributed by atoms with Crippen molar-refractivity contribution in [2.75, 3.05) is 16.8 Å². The van der Waals surface area contributed by atoms with Gasteiger partial charge < -0.3 is 14.6 Å². The molecule has 0 bridgehead atoms. The number of nitrogens with zero attached hydrogens (tertiary/aromatic N) is 2. The highest BCUT2D eigenvalue weighted by Gasteiger charge is 2.35. The van der Waals surface area contributed by atoms with Gasteiger partial charge in [0.15, 0.2) is 11.5 Å². The number of carbonyl (C=O) groups is 2. The second-order valence-electron chi connectivity index (χ2n) is 7.31. The van der Waals surface area contributed by atoms with Crippen LogP contribution in [-0.2, 0) is 9.59 Å². The zero-order valence-electron chi connectivity index (χ0n) is 15.9. The Labute approximate surface area is 167 Å². The number of nitrogens with one attached hydrogen (secondary N) is 1. The van der Waals surface area contributed by atoms with Gasteiger partial charge in [0, 0.05) is 31.0 Å². The number of rotatable bonds is 3. The molecule has 0 unspecified atom stereocenters.